The molecule has 80 valence electrons. The molecule has 0 aliphatic rings. The van der Waals surface area contributed by atoms with Gasteiger partial charge in [-0.2, -0.15) is 5.26 Å². The molecule has 1 rings (SSSR count). The first-order chi connectivity index (χ1) is 7.19. The molecule has 5 heteroatoms. The summed E-state index contributed by atoms with van der Waals surface area (Å²) in [7, 11) is 0. The van der Waals surface area contributed by atoms with Gasteiger partial charge < -0.3 is 9.84 Å². The predicted molar refractivity (Wildman–Crippen MR) is 58.4 cm³/mol. The van der Waals surface area contributed by atoms with Crippen molar-refractivity contribution in [3.63, 3.8) is 0 Å². The number of hydrogen-bond donors (Lipinski definition) is 1. The van der Waals surface area contributed by atoms with Gasteiger partial charge in [0.15, 0.2) is 0 Å². The number of aliphatic hydroxyl groups is 1. The number of benzene rings is 1. The molecule has 0 radical (unpaired) electrons. The van der Waals surface area contributed by atoms with Gasteiger partial charge >= 0.3 is 0 Å². The van der Waals surface area contributed by atoms with Gasteiger partial charge in [-0.15, -0.1) is 11.6 Å². The van der Waals surface area contributed by atoms with Crippen molar-refractivity contribution in [2.45, 2.75) is 6.10 Å². The van der Waals surface area contributed by atoms with E-state index in [4.69, 9.17) is 33.2 Å². The van der Waals surface area contributed by atoms with Crippen molar-refractivity contribution in [3.8, 4) is 11.8 Å². The van der Waals surface area contributed by atoms with Crippen LogP contribution >= 0.6 is 23.2 Å². The first kappa shape index (κ1) is 12.1. The molecule has 0 bridgehead atoms. The third kappa shape index (κ3) is 3.28. The Kier molecular flexibility index (Phi) is 4.70. The maximum Gasteiger partial charge on any atom is 0.138 e. The fourth-order valence-electron chi connectivity index (χ4n) is 0.964. The van der Waals surface area contributed by atoms with Gasteiger partial charge in [0.05, 0.1) is 10.9 Å². The van der Waals surface area contributed by atoms with Crippen LogP contribution in [-0.2, 0) is 0 Å². The van der Waals surface area contributed by atoms with Crippen LogP contribution in [0.15, 0.2) is 18.2 Å². The second-order valence-corrected chi connectivity index (χ2v) is 3.56. The molecule has 0 amide bonds. The minimum Gasteiger partial charge on any atom is -0.489 e. The molecule has 0 aliphatic carbocycles. The molecule has 1 N–H and O–H groups in total. The number of rotatable bonds is 4. The maximum absolute atomic E-state index is 9.18. The van der Waals surface area contributed by atoms with Gasteiger partial charge in [-0.3, -0.25) is 0 Å². The van der Waals surface area contributed by atoms with Crippen molar-refractivity contribution in [1.29, 1.82) is 5.26 Å². The largest absolute Gasteiger partial charge is 0.489 e. The van der Waals surface area contributed by atoms with Crippen molar-refractivity contribution in [2.24, 2.45) is 0 Å². The van der Waals surface area contributed by atoms with Gasteiger partial charge in [0.25, 0.3) is 0 Å². The fraction of sp³-hybridized carbons (Fsp3) is 0.300. The molecule has 0 heterocycles. The van der Waals surface area contributed by atoms with Crippen LogP contribution in [0.25, 0.3) is 0 Å². The zero-order valence-electron chi connectivity index (χ0n) is 7.78. The minimum atomic E-state index is -0.753. The van der Waals surface area contributed by atoms with Crippen molar-refractivity contribution >= 4 is 23.2 Å². The zero-order valence-corrected chi connectivity index (χ0v) is 9.29. The third-order valence-corrected chi connectivity index (χ3v) is 2.37. The van der Waals surface area contributed by atoms with Crippen LogP contribution in [0.4, 0.5) is 0 Å². The van der Waals surface area contributed by atoms with Gasteiger partial charge in [-0.1, -0.05) is 17.7 Å². The number of hydrogen-bond acceptors (Lipinski definition) is 3. The molecule has 0 spiro atoms. The highest BCUT2D eigenvalue weighted by molar-refractivity contribution is 6.31. The monoisotopic (exact) mass is 245 g/mol. The summed E-state index contributed by atoms with van der Waals surface area (Å²) in [5.41, 5.74) is 0.265. The average Bonchev–Trinajstić information content (AvgIpc) is 2.25. The fourth-order valence-corrected chi connectivity index (χ4v) is 1.26. The summed E-state index contributed by atoms with van der Waals surface area (Å²) in [5.74, 6) is 0.441. The molecular formula is C10H9Cl2NO2. The highest BCUT2D eigenvalue weighted by Crippen LogP contribution is 2.25. The van der Waals surface area contributed by atoms with E-state index in [1.54, 1.807) is 18.2 Å². The standard InChI is InChI=1S/C10H9Cl2NO2/c11-4-7(14)6-15-10-3-1-2-9(12)8(10)5-13/h1-3,7,14H,4,6H2. The van der Waals surface area contributed by atoms with Gasteiger partial charge in [-0.05, 0) is 12.1 Å². The van der Waals surface area contributed by atoms with Crippen LogP contribution < -0.4 is 4.74 Å². The Labute approximate surface area is 97.8 Å². The molecule has 1 aromatic rings. The Morgan fingerprint density at radius 3 is 2.87 bits per heavy atom. The van der Waals surface area contributed by atoms with Crippen LogP contribution in [0, 0.1) is 11.3 Å². The van der Waals surface area contributed by atoms with Crippen LogP contribution in [0.1, 0.15) is 5.56 Å². The van der Waals surface area contributed by atoms with E-state index >= 15 is 0 Å². The average molecular weight is 246 g/mol. The van der Waals surface area contributed by atoms with Gasteiger partial charge in [0.1, 0.15) is 30.1 Å². The van der Waals surface area contributed by atoms with Gasteiger partial charge in [0, 0.05) is 0 Å². The summed E-state index contributed by atoms with van der Waals surface area (Å²) < 4.78 is 5.22. The number of alkyl halides is 1. The molecule has 1 unspecified atom stereocenters. The second-order valence-electron chi connectivity index (χ2n) is 2.84. The van der Waals surface area contributed by atoms with Crippen molar-refractivity contribution in [3.05, 3.63) is 28.8 Å². The number of aliphatic hydroxyl groups excluding tert-OH is 1. The Morgan fingerprint density at radius 1 is 1.53 bits per heavy atom. The molecule has 15 heavy (non-hydrogen) atoms. The van der Waals surface area contributed by atoms with E-state index in [0.29, 0.717) is 10.8 Å². The third-order valence-electron chi connectivity index (χ3n) is 1.70. The molecule has 0 fully saturated rings. The summed E-state index contributed by atoms with van der Waals surface area (Å²) in [6, 6.07) is 6.82. The van der Waals surface area contributed by atoms with Crippen LogP contribution in [0.5, 0.6) is 5.75 Å². The highest BCUT2D eigenvalue weighted by atomic mass is 35.5. The second kappa shape index (κ2) is 5.82. The smallest absolute Gasteiger partial charge is 0.138 e. The molecule has 1 aromatic carbocycles. The van der Waals surface area contributed by atoms with Crippen molar-refractivity contribution in [2.75, 3.05) is 12.5 Å². The topological polar surface area (TPSA) is 53.2 Å². The summed E-state index contributed by atoms with van der Waals surface area (Å²) in [5, 5.41) is 18.3. The Morgan fingerprint density at radius 2 is 2.27 bits per heavy atom. The molecular weight excluding hydrogens is 237 g/mol. The lowest BCUT2D eigenvalue weighted by Gasteiger charge is -2.11. The normalized spacial score (nSPS) is 11.9. The number of nitriles is 1. The van der Waals surface area contributed by atoms with E-state index in [1.807, 2.05) is 6.07 Å². The molecule has 1 atom stereocenters. The minimum absolute atomic E-state index is 0.0402. The number of nitrogens with zero attached hydrogens (tertiary/aromatic N) is 1. The van der Waals surface area contributed by atoms with Crippen molar-refractivity contribution in [1.82, 2.24) is 0 Å². The van der Waals surface area contributed by atoms with E-state index < -0.39 is 6.10 Å². The Hall–Kier alpha value is -0.950. The van der Waals surface area contributed by atoms with E-state index in [-0.39, 0.29) is 18.1 Å². The maximum atomic E-state index is 9.18. The lowest BCUT2D eigenvalue weighted by molar-refractivity contribution is 0.125. The lowest BCUT2D eigenvalue weighted by Crippen LogP contribution is -2.19. The first-order valence-corrected chi connectivity index (χ1v) is 5.15. The van der Waals surface area contributed by atoms with E-state index in [1.165, 1.54) is 0 Å². The SMILES string of the molecule is N#Cc1c(Cl)cccc1OCC(O)CCl. The van der Waals surface area contributed by atoms with E-state index in [2.05, 4.69) is 0 Å². The molecule has 0 saturated carbocycles. The Bertz CT molecular complexity index is 376. The summed E-state index contributed by atoms with van der Waals surface area (Å²) in [6.45, 7) is 0.0402. The molecule has 0 aromatic heterocycles. The van der Waals surface area contributed by atoms with Crippen LogP contribution in [-0.4, -0.2) is 23.7 Å². The van der Waals surface area contributed by atoms with Gasteiger partial charge in [0.2, 0.25) is 0 Å². The Balaban J connectivity index is 2.77. The zero-order chi connectivity index (χ0) is 11.3. The van der Waals surface area contributed by atoms with Crippen LogP contribution in [0.3, 0.4) is 0 Å². The molecule has 0 aliphatic heterocycles. The van der Waals surface area contributed by atoms with E-state index in [0.717, 1.165) is 0 Å². The lowest BCUT2D eigenvalue weighted by atomic mass is 10.2. The first-order valence-electron chi connectivity index (χ1n) is 4.24. The summed E-state index contributed by atoms with van der Waals surface area (Å²) in [6.07, 6.45) is -0.753. The number of halogens is 2. The summed E-state index contributed by atoms with van der Waals surface area (Å²) >= 11 is 11.2. The molecule has 0 saturated heterocycles. The van der Waals surface area contributed by atoms with Gasteiger partial charge in [-0.25, -0.2) is 0 Å². The molecule has 3 nitrogen and oxygen atoms in total. The number of ether oxygens (including phenoxy) is 1. The van der Waals surface area contributed by atoms with E-state index in [9.17, 15) is 5.11 Å². The predicted octanol–water partition coefficient (Wildman–Crippen LogP) is 2.19. The van der Waals surface area contributed by atoms with Crippen molar-refractivity contribution < 1.29 is 9.84 Å². The van der Waals surface area contributed by atoms with Crippen LogP contribution in [0.2, 0.25) is 5.02 Å². The summed E-state index contributed by atoms with van der Waals surface area (Å²) in [4.78, 5) is 0. The highest BCUT2D eigenvalue weighted by Gasteiger charge is 2.09. The quantitative estimate of drug-likeness (QED) is 0.828.